The number of hydrogen-bond donors (Lipinski definition) is 1. The maximum absolute atomic E-state index is 13.0. The first-order valence-corrected chi connectivity index (χ1v) is 10.5. The van der Waals surface area contributed by atoms with Gasteiger partial charge >= 0.3 is 5.69 Å². The molecule has 174 valence electrons. The highest BCUT2D eigenvalue weighted by molar-refractivity contribution is 6.30. The van der Waals surface area contributed by atoms with Crippen LogP contribution in [0.4, 0.5) is 11.6 Å². The molecule has 0 saturated heterocycles. The number of anilines is 1. The van der Waals surface area contributed by atoms with Gasteiger partial charge in [0, 0.05) is 31.3 Å². The predicted octanol–water partition coefficient (Wildman–Crippen LogP) is 2.88. The van der Waals surface area contributed by atoms with E-state index in [-0.39, 0.29) is 29.3 Å². The van der Waals surface area contributed by atoms with Crippen molar-refractivity contribution < 1.29 is 4.92 Å². The van der Waals surface area contributed by atoms with E-state index in [1.807, 2.05) is 12.1 Å². The summed E-state index contributed by atoms with van der Waals surface area (Å²) in [6, 6.07) is 13.1. The first-order chi connectivity index (χ1) is 16.2. The molecule has 0 bridgehead atoms. The maximum Gasteiger partial charge on any atom is 0.332 e. The second kappa shape index (κ2) is 8.94. The molecule has 0 aliphatic heterocycles. The number of nitrogens with one attached hydrogen (secondary N) is 1. The summed E-state index contributed by atoms with van der Waals surface area (Å²) < 4.78 is 3.97. The van der Waals surface area contributed by atoms with Gasteiger partial charge in [-0.1, -0.05) is 23.7 Å². The van der Waals surface area contributed by atoms with Crippen molar-refractivity contribution in [3.05, 3.63) is 95.6 Å². The van der Waals surface area contributed by atoms with Crippen LogP contribution in [0.2, 0.25) is 5.02 Å². The third-order valence-electron chi connectivity index (χ3n) is 5.42. The smallest absolute Gasteiger partial charge is 0.298 e. The molecule has 0 radical (unpaired) electrons. The molecule has 11 nitrogen and oxygen atoms in total. The van der Waals surface area contributed by atoms with Crippen LogP contribution in [0.5, 0.6) is 0 Å². The Balaban J connectivity index is 1.80. The molecule has 0 spiro atoms. The number of hydrazone groups is 1. The Morgan fingerprint density at radius 1 is 1.09 bits per heavy atom. The SMILES string of the molecule is C/C(=N\Nc1nc2c(c(=O)n(C)c(=O)n2C)n1Cc1ccc(Cl)cc1)c1ccc([N+](=O)[O-])cc1. The van der Waals surface area contributed by atoms with E-state index in [0.29, 0.717) is 16.3 Å². The Morgan fingerprint density at radius 3 is 2.35 bits per heavy atom. The van der Waals surface area contributed by atoms with E-state index in [0.717, 1.165) is 10.1 Å². The summed E-state index contributed by atoms with van der Waals surface area (Å²) in [6.45, 7) is 2.00. The highest BCUT2D eigenvalue weighted by Crippen LogP contribution is 2.20. The van der Waals surface area contributed by atoms with Gasteiger partial charge in [-0.2, -0.15) is 10.1 Å². The Morgan fingerprint density at radius 2 is 1.74 bits per heavy atom. The lowest BCUT2D eigenvalue weighted by molar-refractivity contribution is -0.384. The summed E-state index contributed by atoms with van der Waals surface area (Å²) >= 11 is 6.00. The molecule has 0 saturated carbocycles. The minimum atomic E-state index is -0.495. The molecule has 4 rings (SSSR count). The molecule has 0 aliphatic carbocycles. The van der Waals surface area contributed by atoms with Gasteiger partial charge in [-0.25, -0.2) is 10.2 Å². The zero-order chi connectivity index (χ0) is 24.6. The van der Waals surface area contributed by atoms with Crippen molar-refractivity contribution >= 4 is 40.1 Å². The summed E-state index contributed by atoms with van der Waals surface area (Å²) in [5.74, 6) is 0.254. The van der Waals surface area contributed by atoms with Gasteiger partial charge in [0.15, 0.2) is 11.2 Å². The molecule has 2 aromatic carbocycles. The lowest BCUT2D eigenvalue weighted by Gasteiger charge is -2.10. The fraction of sp³-hybridized carbons (Fsp3) is 0.182. The Hall–Kier alpha value is -4.25. The maximum atomic E-state index is 13.0. The monoisotopic (exact) mass is 481 g/mol. The third kappa shape index (κ3) is 4.20. The first-order valence-electron chi connectivity index (χ1n) is 10.1. The lowest BCUT2D eigenvalue weighted by Crippen LogP contribution is -2.37. The molecule has 2 aromatic heterocycles. The second-order valence-electron chi connectivity index (χ2n) is 7.64. The number of imidazole rings is 1. The zero-order valence-electron chi connectivity index (χ0n) is 18.5. The molecule has 0 aliphatic rings. The van der Waals surface area contributed by atoms with Crippen molar-refractivity contribution in [3.8, 4) is 0 Å². The van der Waals surface area contributed by atoms with Crippen LogP contribution < -0.4 is 16.7 Å². The highest BCUT2D eigenvalue weighted by Gasteiger charge is 2.19. The normalized spacial score (nSPS) is 11.7. The second-order valence-corrected chi connectivity index (χ2v) is 8.08. The van der Waals surface area contributed by atoms with Gasteiger partial charge in [-0.05, 0) is 42.3 Å². The summed E-state index contributed by atoms with van der Waals surface area (Å²) in [5.41, 5.74) is 4.41. The van der Waals surface area contributed by atoms with Crippen molar-refractivity contribution in [3.63, 3.8) is 0 Å². The van der Waals surface area contributed by atoms with Crippen LogP contribution in [0.1, 0.15) is 18.1 Å². The number of nitro benzene ring substituents is 1. The van der Waals surface area contributed by atoms with Crippen molar-refractivity contribution in [1.29, 1.82) is 0 Å². The molecule has 0 atom stereocenters. The average molecular weight is 482 g/mol. The molecule has 12 heteroatoms. The number of benzene rings is 2. The molecular weight excluding hydrogens is 462 g/mol. The van der Waals surface area contributed by atoms with Crippen LogP contribution in [0, 0.1) is 10.1 Å². The van der Waals surface area contributed by atoms with Crippen LogP contribution >= 0.6 is 11.6 Å². The number of fused-ring (bicyclic) bond motifs is 1. The van der Waals surface area contributed by atoms with Gasteiger partial charge < -0.3 is 0 Å². The van der Waals surface area contributed by atoms with Crippen LogP contribution in [0.3, 0.4) is 0 Å². The molecular formula is C22H20ClN7O4. The number of nitrogens with zero attached hydrogens (tertiary/aromatic N) is 6. The van der Waals surface area contributed by atoms with E-state index in [1.165, 1.54) is 23.7 Å². The van der Waals surface area contributed by atoms with Crippen LogP contribution in [-0.4, -0.2) is 29.3 Å². The summed E-state index contributed by atoms with van der Waals surface area (Å²) in [4.78, 5) is 40.3. The van der Waals surface area contributed by atoms with Crippen LogP contribution in [-0.2, 0) is 20.6 Å². The van der Waals surface area contributed by atoms with E-state index in [1.54, 1.807) is 42.8 Å². The fourth-order valence-electron chi connectivity index (χ4n) is 3.48. The molecule has 0 amide bonds. The zero-order valence-corrected chi connectivity index (χ0v) is 19.3. The number of halogens is 1. The largest absolute Gasteiger partial charge is 0.332 e. The molecule has 1 N–H and O–H groups in total. The van der Waals surface area contributed by atoms with Gasteiger partial charge in [0.25, 0.3) is 11.2 Å². The number of nitro groups is 1. The van der Waals surface area contributed by atoms with Gasteiger partial charge in [-0.3, -0.25) is 28.6 Å². The van der Waals surface area contributed by atoms with Crippen molar-refractivity contribution in [2.24, 2.45) is 19.2 Å². The minimum Gasteiger partial charge on any atom is -0.298 e. The van der Waals surface area contributed by atoms with E-state index in [2.05, 4.69) is 15.5 Å². The summed E-state index contributed by atoms with van der Waals surface area (Å²) in [7, 11) is 2.95. The van der Waals surface area contributed by atoms with Crippen LogP contribution in [0.25, 0.3) is 11.2 Å². The van der Waals surface area contributed by atoms with E-state index >= 15 is 0 Å². The van der Waals surface area contributed by atoms with E-state index in [4.69, 9.17) is 11.6 Å². The van der Waals surface area contributed by atoms with Crippen molar-refractivity contribution in [1.82, 2.24) is 18.7 Å². The lowest BCUT2D eigenvalue weighted by atomic mass is 10.1. The Kier molecular flexibility index (Phi) is 6.03. The van der Waals surface area contributed by atoms with Crippen molar-refractivity contribution in [2.45, 2.75) is 13.5 Å². The van der Waals surface area contributed by atoms with Gasteiger partial charge in [-0.15, -0.1) is 0 Å². The van der Waals surface area contributed by atoms with Gasteiger partial charge in [0.05, 0.1) is 17.2 Å². The quantitative estimate of drug-likeness (QED) is 0.256. The average Bonchev–Trinajstić information content (AvgIpc) is 3.19. The molecule has 4 aromatic rings. The minimum absolute atomic E-state index is 0.0222. The molecule has 0 unspecified atom stereocenters. The standard InChI is InChI=1S/C22H20ClN7O4/c1-13(15-6-10-17(11-7-15)30(33)34)25-26-21-24-19-18(20(31)28(3)22(32)27(19)2)29(21)12-14-4-8-16(23)9-5-14/h4-11H,12H2,1-3H3,(H,24,26)/b25-13+. The molecule has 34 heavy (non-hydrogen) atoms. The number of aryl methyl sites for hydroxylation is 1. The Bertz CT molecular complexity index is 1550. The third-order valence-corrected chi connectivity index (χ3v) is 5.67. The molecule has 2 heterocycles. The highest BCUT2D eigenvalue weighted by atomic mass is 35.5. The van der Waals surface area contributed by atoms with Gasteiger partial charge in [0.1, 0.15) is 0 Å². The predicted molar refractivity (Wildman–Crippen MR) is 130 cm³/mol. The van der Waals surface area contributed by atoms with Crippen molar-refractivity contribution in [2.75, 3.05) is 5.43 Å². The van der Waals surface area contributed by atoms with Crippen LogP contribution in [0.15, 0.2) is 63.2 Å². The van der Waals surface area contributed by atoms with E-state index < -0.39 is 16.2 Å². The van der Waals surface area contributed by atoms with E-state index in [9.17, 15) is 19.7 Å². The number of hydrogen-bond acceptors (Lipinski definition) is 7. The summed E-state index contributed by atoms with van der Waals surface area (Å²) in [5, 5.41) is 15.8. The van der Waals surface area contributed by atoms with Gasteiger partial charge in [0.2, 0.25) is 5.95 Å². The topological polar surface area (TPSA) is 129 Å². The first kappa shape index (κ1) is 22.9. The number of non-ortho nitro benzene ring substituents is 1. The molecule has 0 fully saturated rings. The Labute approximate surface area is 197 Å². The number of aromatic nitrogens is 4. The fourth-order valence-corrected chi connectivity index (χ4v) is 3.61. The summed E-state index contributed by atoms with van der Waals surface area (Å²) in [6.07, 6.45) is 0. The number of rotatable bonds is 6.